The van der Waals surface area contributed by atoms with Crippen molar-refractivity contribution in [3.8, 4) is 5.75 Å². The third-order valence-electron chi connectivity index (χ3n) is 1.96. The standard InChI is InChI=1S/C10H12N2O/c1-12-8-7-11-10(12)13-9-5-3-2-4-6-9/h2-6H,7-8H2,1H3. The molecule has 3 nitrogen and oxygen atoms in total. The molecule has 2 rings (SSSR count). The number of nitrogens with zero attached hydrogens (tertiary/aromatic N) is 2. The molecule has 3 heteroatoms. The fourth-order valence-corrected chi connectivity index (χ4v) is 1.22. The van der Waals surface area contributed by atoms with Crippen LogP contribution in [0.3, 0.4) is 0 Å². The third-order valence-corrected chi connectivity index (χ3v) is 1.96. The molecule has 1 heterocycles. The van der Waals surface area contributed by atoms with Crippen molar-refractivity contribution in [1.82, 2.24) is 4.90 Å². The Hall–Kier alpha value is -1.51. The van der Waals surface area contributed by atoms with E-state index in [-0.39, 0.29) is 0 Å². The number of aliphatic imine (C=N–C) groups is 1. The summed E-state index contributed by atoms with van der Waals surface area (Å²) in [5.41, 5.74) is 0. The SMILES string of the molecule is CN1CCN=C1Oc1ccccc1. The number of hydrogen-bond donors (Lipinski definition) is 0. The lowest BCUT2D eigenvalue weighted by atomic mass is 10.3. The van der Waals surface area contributed by atoms with Crippen LogP contribution in [-0.4, -0.2) is 31.1 Å². The first-order valence-corrected chi connectivity index (χ1v) is 4.35. The number of hydrogen-bond acceptors (Lipinski definition) is 3. The van der Waals surface area contributed by atoms with E-state index in [1.165, 1.54) is 0 Å². The van der Waals surface area contributed by atoms with Gasteiger partial charge in [-0.2, -0.15) is 0 Å². The molecule has 0 bridgehead atoms. The van der Waals surface area contributed by atoms with E-state index < -0.39 is 0 Å². The largest absolute Gasteiger partial charge is 0.426 e. The summed E-state index contributed by atoms with van der Waals surface area (Å²) >= 11 is 0. The highest BCUT2D eigenvalue weighted by Crippen LogP contribution is 2.11. The van der Waals surface area contributed by atoms with Gasteiger partial charge in [-0.1, -0.05) is 18.2 Å². The summed E-state index contributed by atoms with van der Waals surface area (Å²) in [7, 11) is 1.98. The highest BCUT2D eigenvalue weighted by Gasteiger charge is 2.13. The smallest absolute Gasteiger partial charge is 0.292 e. The van der Waals surface area contributed by atoms with Gasteiger partial charge < -0.3 is 9.64 Å². The zero-order chi connectivity index (χ0) is 9.10. The number of benzene rings is 1. The van der Waals surface area contributed by atoms with Crippen molar-refractivity contribution < 1.29 is 4.74 Å². The number of amidine groups is 1. The van der Waals surface area contributed by atoms with Crippen LogP contribution in [0.4, 0.5) is 0 Å². The Kier molecular flexibility index (Phi) is 2.17. The first-order chi connectivity index (χ1) is 6.36. The Bertz CT molecular complexity index is 308. The molecule has 1 aliphatic rings. The van der Waals surface area contributed by atoms with Gasteiger partial charge in [0.05, 0.1) is 6.54 Å². The van der Waals surface area contributed by atoms with Crippen molar-refractivity contribution in [3.63, 3.8) is 0 Å². The van der Waals surface area contributed by atoms with Crippen molar-refractivity contribution in [2.24, 2.45) is 4.99 Å². The summed E-state index contributed by atoms with van der Waals surface area (Å²) in [5.74, 6) is 0.843. The summed E-state index contributed by atoms with van der Waals surface area (Å²) in [6, 6.07) is 10.4. The second kappa shape index (κ2) is 3.47. The van der Waals surface area contributed by atoms with Gasteiger partial charge in [-0.25, -0.2) is 4.99 Å². The minimum Gasteiger partial charge on any atom is -0.426 e. The first kappa shape index (κ1) is 8.10. The van der Waals surface area contributed by atoms with Crippen LogP contribution >= 0.6 is 0 Å². The van der Waals surface area contributed by atoms with Gasteiger partial charge in [-0.3, -0.25) is 0 Å². The van der Waals surface area contributed by atoms with Crippen LogP contribution in [0.2, 0.25) is 0 Å². The van der Waals surface area contributed by atoms with Gasteiger partial charge in [0.1, 0.15) is 5.75 Å². The van der Waals surface area contributed by atoms with E-state index >= 15 is 0 Å². The second-order valence-electron chi connectivity index (χ2n) is 3.00. The van der Waals surface area contributed by atoms with Crippen LogP contribution in [0.25, 0.3) is 0 Å². The average Bonchev–Trinajstić information content (AvgIpc) is 2.54. The van der Waals surface area contributed by atoms with Crippen LogP contribution < -0.4 is 4.74 Å². The highest BCUT2D eigenvalue weighted by molar-refractivity contribution is 5.77. The van der Waals surface area contributed by atoms with E-state index in [2.05, 4.69) is 4.99 Å². The molecule has 0 unspecified atom stereocenters. The van der Waals surface area contributed by atoms with E-state index in [0.29, 0.717) is 6.02 Å². The zero-order valence-corrected chi connectivity index (χ0v) is 7.60. The molecule has 0 aliphatic carbocycles. The van der Waals surface area contributed by atoms with Gasteiger partial charge in [0, 0.05) is 13.6 Å². The third kappa shape index (κ3) is 1.80. The molecule has 1 aromatic rings. The minimum absolute atomic E-state index is 0.714. The Morgan fingerprint density at radius 2 is 2.08 bits per heavy atom. The molecule has 0 saturated carbocycles. The lowest BCUT2D eigenvalue weighted by Crippen LogP contribution is -2.27. The molecule has 0 saturated heterocycles. The van der Waals surface area contributed by atoms with Crippen molar-refractivity contribution >= 4 is 6.02 Å². The first-order valence-electron chi connectivity index (χ1n) is 4.35. The van der Waals surface area contributed by atoms with Crippen molar-refractivity contribution in [2.45, 2.75) is 0 Å². The maximum Gasteiger partial charge on any atom is 0.292 e. The summed E-state index contributed by atoms with van der Waals surface area (Å²) in [6.45, 7) is 1.78. The van der Waals surface area contributed by atoms with E-state index in [4.69, 9.17) is 4.74 Å². The van der Waals surface area contributed by atoms with Gasteiger partial charge in [0.2, 0.25) is 0 Å². The van der Waals surface area contributed by atoms with Crippen LogP contribution in [0.15, 0.2) is 35.3 Å². The molecule has 0 aromatic heterocycles. The molecule has 0 atom stereocenters. The normalized spacial score (nSPS) is 15.8. The van der Waals surface area contributed by atoms with Crippen molar-refractivity contribution in [2.75, 3.05) is 20.1 Å². The maximum absolute atomic E-state index is 5.56. The molecule has 0 N–H and O–H groups in total. The highest BCUT2D eigenvalue weighted by atomic mass is 16.5. The molecular weight excluding hydrogens is 164 g/mol. The molecule has 1 aromatic carbocycles. The van der Waals surface area contributed by atoms with E-state index in [9.17, 15) is 0 Å². The summed E-state index contributed by atoms with van der Waals surface area (Å²) in [5, 5.41) is 0. The fourth-order valence-electron chi connectivity index (χ4n) is 1.22. The van der Waals surface area contributed by atoms with Gasteiger partial charge in [-0.15, -0.1) is 0 Å². The summed E-state index contributed by atoms with van der Waals surface area (Å²) in [4.78, 5) is 6.24. The molecule has 0 spiro atoms. The molecule has 0 radical (unpaired) electrons. The van der Waals surface area contributed by atoms with E-state index in [0.717, 1.165) is 18.8 Å². The molecule has 1 aliphatic heterocycles. The quantitative estimate of drug-likeness (QED) is 0.645. The predicted octanol–water partition coefficient (Wildman–Crippen LogP) is 1.37. The molecule has 0 fully saturated rings. The lowest BCUT2D eigenvalue weighted by molar-refractivity contribution is 0.423. The number of rotatable bonds is 1. The Morgan fingerprint density at radius 1 is 1.31 bits per heavy atom. The summed E-state index contributed by atoms with van der Waals surface area (Å²) < 4.78 is 5.56. The monoisotopic (exact) mass is 176 g/mol. The fraction of sp³-hybridized carbons (Fsp3) is 0.300. The van der Waals surface area contributed by atoms with Crippen LogP contribution in [0.5, 0.6) is 5.75 Å². The molecular formula is C10H12N2O. The Balaban J connectivity index is 2.06. The number of ether oxygens (including phenoxy) is 1. The van der Waals surface area contributed by atoms with Gasteiger partial charge >= 0.3 is 0 Å². The minimum atomic E-state index is 0.714. The van der Waals surface area contributed by atoms with Crippen molar-refractivity contribution in [3.05, 3.63) is 30.3 Å². The van der Waals surface area contributed by atoms with Crippen molar-refractivity contribution in [1.29, 1.82) is 0 Å². The van der Waals surface area contributed by atoms with Crippen LogP contribution in [0.1, 0.15) is 0 Å². The Labute approximate surface area is 77.7 Å². The summed E-state index contributed by atoms with van der Waals surface area (Å²) in [6.07, 6.45) is 0. The molecule has 0 amide bonds. The van der Waals surface area contributed by atoms with Gasteiger partial charge in [0.15, 0.2) is 0 Å². The number of likely N-dealkylation sites (N-methyl/N-ethyl adjacent to an activating group) is 1. The second-order valence-corrected chi connectivity index (χ2v) is 3.00. The zero-order valence-electron chi connectivity index (χ0n) is 7.60. The van der Waals surface area contributed by atoms with Crippen LogP contribution in [0, 0.1) is 0 Å². The topological polar surface area (TPSA) is 24.8 Å². The maximum atomic E-state index is 5.56. The molecule has 68 valence electrons. The van der Waals surface area contributed by atoms with E-state index in [1.807, 2.05) is 42.3 Å². The van der Waals surface area contributed by atoms with E-state index in [1.54, 1.807) is 0 Å². The lowest BCUT2D eigenvalue weighted by Gasteiger charge is -2.13. The number of para-hydroxylation sites is 1. The van der Waals surface area contributed by atoms with Gasteiger partial charge in [0.25, 0.3) is 6.02 Å². The Morgan fingerprint density at radius 3 is 2.69 bits per heavy atom. The molecule has 13 heavy (non-hydrogen) atoms. The average molecular weight is 176 g/mol. The van der Waals surface area contributed by atoms with Gasteiger partial charge in [-0.05, 0) is 12.1 Å². The van der Waals surface area contributed by atoms with Crippen LogP contribution in [-0.2, 0) is 0 Å². The predicted molar refractivity (Wildman–Crippen MR) is 52.0 cm³/mol.